The molecule has 4 aromatic rings. The minimum Gasteiger partial charge on any atom is -0.379 e. The van der Waals surface area contributed by atoms with Gasteiger partial charge in [-0.3, -0.25) is 14.1 Å². The van der Waals surface area contributed by atoms with Gasteiger partial charge in [0.15, 0.2) is 4.96 Å². The molecule has 1 unspecified atom stereocenters. The summed E-state index contributed by atoms with van der Waals surface area (Å²) in [5.74, 6) is -0.0471. The third kappa shape index (κ3) is 3.44. The zero-order chi connectivity index (χ0) is 18.9. The molecule has 1 N–H and O–H groups in total. The van der Waals surface area contributed by atoms with Gasteiger partial charge in [-0.15, -0.1) is 22.7 Å². The Morgan fingerprint density at radius 3 is 2.89 bits per heavy atom. The van der Waals surface area contributed by atoms with Crippen LogP contribution in [0.25, 0.3) is 15.3 Å². The number of carbonyl (C=O) groups is 1. The number of aromatic nitrogens is 2. The first-order valence-corrected chi connectivity index (χ1v) is 11.0. The van der Waals surface area contributed by atoms with Crippen LogP contribution < -0.4 is 5.32 Å². The van der Waals surface area contributed by atoms with E-state index < -0.39 is 0 Å². The number of hydrogen-bond acceptors (Lipinski definition) is 6. The zero-order valence-electron chi connectivity index (χ0n) is 15.2. The Hall–Kier alpha value is -2.26. The van der Waals surface area contributed by atoms with Crippen molar-refractivity contribution in [2.24, 2.45) is 0 Å². The number of imidazole rings is 1. The monoisotopic (exact) mass is 412 g/mol. The first-order valence-electron chi connectivity index (χ1n) is 9.29. The number of thiazole rings is 1. The van der Waals surface area contributed by atoms with Gasteiger partial charge in [-0.05, 0) is 11.6 Å². The fourth-order valence-corrected chi connectivity index (χ4v) is 5.25. The maximum atomic E-state index is 13.0. The number of amides is 1. The maximum Gasteiger partial charge on any atom is 0.262 e. The van der Waals surface area contributed by atoms with E-state index in [1.807, 2.05) is 40.2 Å². The van der Waals surface area contributed by atoms with E-state index in [0.29, 0.717) is 4.88 Å². The number of nitrogens with one attached hydrogen (secondary N) is 1. The minimum absolute atomic E-state index is 0.0471. The molecule has 1 aromatic carbocycles. The third-order valence-corrected chi connectivity index (χ3v) is 6.79. The Morgan fingerprint density at radius 2 is 2.07 bits per heavy atom. The highest BCUT2D eigenvalue weighted by Crippen LogP contribution is 2.28. The van der Waals surface area contributed by atoms with E-state index in [1.165, 1.54) is 11.3 Å². The lowest BCUT2D eigenvalue weighted by Gasteiger charge is -2.31. The van der Waals surface area contributed by atoms with Crippen LogP contribution in [0.3, 0.4) is 0 Å². The van der Waals surface area contributed by atoms with Gasteiger partial charge in [0.25, 0.3) is 5.91 Å². The Labute approximate surface area is 170 Å². The summed E-state index contributed by atoms with van der Waals surface area (Å²) in [6.07, 6.45) is 1.99. The second kappa shape index (κ2) is 7.63. The Bertz CT molecular complexity index is 1100. The van der Waals surface area contributed by atoms with E-state index in [0.717, 1.165) is 53.7 Å². The van der Waals surface area contributed by atoms with Gasteiger partial charge in [-0.25, -0.2) is 4.98 Å². The molecule has 5 rings (SSSR count). The number of fused-ring (bicyclic) bond motifs is 3. The number of benzene rings is 1. The maximum absolute atomic E-state index is 13.0. The Kier molecular flexibility index (Phi) is 4.86. The molecule has 3 aromatic heterocycles. The predicted octanol–water partition coefficient (Wildman–Crippen LogP) is 3.41. The van der Waals surface area contributed by atoms with Gasteiger partial charge >= 0.3 is 0 Å². The van der Waals surface area contributed by atoms with Gasteiger partial charge in [0.2, 0.25) is 0 Å². The molecule has 0 spiro atoms. The molecule has 28 heavy (non-hydrogen) atoms. The molecular formula is C20H20N4O2S2. The SMILES string of the molecule is O=C(NC(CN1CCOCC1)c1ccccc1)c1cc2c(nc3sccn32)s1. The first kappa shape index (κ1) is 17.8. The standard InChI is InChI=1S/C20H20N4O2S2/c25-18(17-12-16-19(28-17)22-20-24(16)8-11-27-20)21-15(14-4-2-1-3-5-14)13-23-6-9-26-10-7-23/h1-5,8,11-12,15H,6-7,9-10,13H2,(H,21,25). The van der Waals surface area contributed by atoms with Crippen LogP contribution in [0.5, 0.6) is 0 Å². The van der Waals surface area contributed by atoms with E-state index in [2.05, 4.69) is 27.3 Å². The normalized spacial score (nSPS) is 16.6. The second-order valence-corrected chi connectivity index (χ2v) is 8.72. The lowest BCUT2D eigenvalue weighted by Crippen LogP contribution is -2.43. The summed E-state index contributed by atoms with van der Waals surface area (Å²) in [7, 11) is 0. The van der Waals surface area contributed by atoms with Gasteiger partial charge in [0.05, 0.1) is 29.6 Å². The van der Waals surface area contributed by atoms with Crippen LogP contribution in [-0.2, 0) is 4.74 Å². The van der Waals surface area contributed by atoms with Gasteiger partial charge in [-0.2, -0.15) is 0 Å². The topological polar surface area (TPSA) is 58.9 Å². The summed E-state index contributed by atoms with van der Waals surface area (Å²) >= 11 is 3.05. The molecule has 0 radical (unpaired) electrons. The van der Waals surface area contributed by atoms with Crippen molar-refractivity contribution in [1.82, 2.24) is 19.6 Å². The summed E-state index contributed by atoms with van der Waals surface area (Å²) in [5, 5.41) is 5.25. The van der Waals surface area contributed by atoms with E-state index in [1.54, 1.807) is 11.3 Å². The lowest BCUT2D eigenvalue weighted by atomic mass is 10.1. The molecule has 1 aliphatic rings. The van der Waals surface area contributed by atoms with Gasteiger partial charge in [-0.1, -0.05) is 30.3 Å². The second-order valence-electron chi connectivity index (χ2n) is 6.82. The molecule has 6 nitrogen and oxygen atoms in total. The number of ether oxygens (including phenoxy) is 1. The number of hydrogen-bond donors (Lipinski definition) is 1. The predicted molar refractivity (Wildman–Crippen MR) is 112 cm³/mol. The van der Waals surface area contributed by atoms with Crippen molar-refractivity contribution >= 4 is 43.9 Å². The van der Waals surface area contributed by atoms with Crippen LogP contribution in [0.2, 0.25) is 0 Å². The molecule has 1 amide bonds. The van der Waals surface area contributed by atoms with Crippen molar-refractivity contribution in [2.45, 2.75) is 6.04 Å². The van der Waals surface area contributed by atoms with Gasteiger partial charge < -0.3 is 10.1 Å². The number of thiophene rings is 1. The van der Waals surface area contributed by atoms with E-state index in [-0.39, 0.29) is 11.9 Å². The molecule has 4 heterocycles. The molecule has 8 heteroatoms. The van der Waals surface area contributed by atoms with Crippen molar-refractivity contribution in [3.8, 4) is 0 Å². The molecule has 1 atom stereocenters. The van der Waals surface area contributed by atoms with Crippen molar-refractivity contribution in [1.29, 1.82) is 0 Å². The third-order valence-electron chi connectivity index (χ3n) is 5.02. The highest BCUT2D eigenvalue weighted by Gasteiger charge is 2.22. The van der Waals surface area contributed by atoms with Crippen molar-refractivity contribution in [3.63, 3.8) is 0 Å². The molecule has 1 fully saturated rings. The average Bonchev–Trinajstić information content (AvgIpc) is 3.41. The molecule has 0 saturated carbocycles. The summed E-state index contributed by atoms with van der Waals surface area (Å²) in [4.78, 5) is 22.5. The number of nitrogens with zero attached hydrogens (tertiary/aromatic N) is 3. The lowest BCUT2D eigenvalue weighted by molar-refractivity contribution is 0.0332. The van der Waals surface area contributed by atoms with Crippen LogP contribution in [0.15, 0.2) is 48.0 Å². The highest BCUT2D eigenvalue weighted by atomic mass is 32.1. The summed E-state index contributed by atoms with van der Waals surface area (Å²) in [6.45, 7) is 4.05. The largest absolute Gasteiger partial charge is 0.379 e. The summed E-state index contributed by atoms with van der Waals surface area (Å²) in [6, 6.07) is 12.1. The first-order chi connectivity index (χ1) is 13.8. The summed E-state index contributed by atoms with van der Waals surface area (Å²) in [5.41, 5.74) is 2.11. The van der Waals surface area contributed by atoms with Crippen LogP contribution in [0, 0.1) is 0 Å². The smallest absolute Gasteiger partial charge is 0.262 e. The van der Waals surface area contributed by atoms with Crippen LogP contribution in [0.4, 0.5) is 0 Å². The minimum atomic E-state index is -0.0648. The fraction of sp³-hybridized carbons (Fsp3) is 0.300. The van der Waals surface area contributed by atoms with Crippen LogP contribution in [-0.4, -0.2) is 53.0 Å². The Balaban J connectivity index is 1.39. The number of carbonyl (C=O) groups excluding carboxylic acids is 1. The fourth-order valence-electron chi connectivity index (χ4n) is 3.55. The van der Waals surface area contributed by atoms with E-state index in [4.69, 9.17) is 4.74 Å². The zero-order valence-corrected chi connectivity index (χ0v) is 16.8. The quantitative estimate of drug-likeness (QED) is 0.546. The van der Waals surface area contributed by atoms with Gasteiger partial charge in [0.1, 0.15) is 4.83 Å². The van der Waals surface area contributed by atoms with Crippen molar-refractivity contribution < 1.29 is 9.53 Å². The molecular weight excluding hydrogens is 392 g/mol. The Morgan fingerprint density at radius 1 is 1.25 bits per heavy atom. The highest BCUT2D eigenvalue weighted by molar-refractivity contribution is 7.21. The van der Waals surface area contributed by atoms with Crippen molar-refractivity contribution in [2.75, 3.05) is 32.8 Å². The molecule has 144 valence electrons. The van der Waals surface area contributed by atoms with E-state index >= 15 is 0 Å². The van der Waals surface area contributed by atoms with Crippen molar-refractivity contribution in [3.05, 3.63) is 58.4 Å². The molecule has 1 aliphatic heterocycles. The molecule has 0 bridgehead atoms. The summed E-state index contributed by atoms with van der Waals surface area (Å²) < 4.78 is 7.49. The average molecular weight is 413 g/mol. The van der Waals surface area contributed by atoms with E-state index in [9.17, 15) is 4.79 Å². The van der Waals surface area contributed by atoms with Crippen LogP contribution >= 0.6 is 22.7 Å². The number of rotatable bonds is 5. The van der Waals surface area contributed by atoms with Crippen LogP contribution in [0.1, 0.15) is 21.3 Å². The molecule has 1 saturated heterocycles. The number of morpholine rings is 1. The van der Waals surface area contributed by atoms with Gasteiger partial charge in [0, 0.05) is 31.2 Å². The molecule has 0 aliphatic carbocycles.